The van der Waals surface area contributed by atoms with Gasteiger partial charge in [0.15, 0.2) is 0 Å². The van der Waals surface area contributed by atoms with Gasteiger partial charge in [0, 0.05) is 0 Å². The molecule has 0 aliphatic carbocycles. The summed E-state index contributed by atoms with van der Waals surface area (Å²) in [6.07, 6.45) is 5.55. The van der Waals surface area contributed by atoms with Crippen LogP contribution in [0.4, 0.5) is 0 Å². The van der Waals surface area contributed by atoms with Gasteiger partial charge < -0.3 is 0 Å². The van der Waals surface area contributed by atoms with E-state index in [2.05, 4.69) is 48.5 Å². The molecule has 0 aliphatic rings. The molecule has 4 atom stereocenters. The van der Waals surface area contributed by atoms with E-state index in [0.29, 0.717) is 0 Å². The molecule has 0 saturated heterocycles. The monoisotopic (exact) mass is 226 g/mol. The SMILES string of the molecule is CCC(C)C(C)CCC(C)C(C)CC(C)C. The summed E-state index contributed by atoms with van der Waals surface area (Å²) in [5.41, 5.74) is 0. The third kappa shape index (κ3) is 6.55. The van der Waals surface area contributed by atoms with Crippen LogP contribution in [0.2, 0.25) is 0 Å². The van der Waals surface area contributed by atoms with Gasteiger partial charge in [0.1, 0.15) is 0 Å². The normalized spacial score (nSPS) is 19.5. The molecule has 4 unspecified atom stereocenters. The molecule has 0 fully saturated rings. The standard InChI is InChI=1S/C16H34/c1-8-13(4)14(5)9-10-15(6)16(7)11-12(2)3/h12-16H,8-11H2,1-7H3. The molecule has 0 aromatic heterocycles. The van der Waals surface area contributed by atoms with Gasteiger partial charge in [0.25, 0.3) is 0 Å². The lowest BCUT2D eigenvalue weighted by atomic mass is 9.81. The highest BCUT2D eigenvalue weighted by Gasteiger charge is 2.16. The summed E-state index contributed by atoms with van der Waals surface area (Å²) in [4.78, 5) is 0. The highest BCUT2D eigenvalue weighted by atomic mass is 14.2. The Bertz CT molecular complexity index is 159. The highest BCUT2D eigenvalue weighted by Crippen LogP contribution is 2.27. The third-order valence-corrected chi connectivity index (χ3v) is 4.51. The minimum absolute atomic E-state index is 0.851. The van der Waals surface area contributed by atoms with Crippen LogP contribution in [0.25, 0.3) is 0 Å². The van der Waals surface area contributed by atoms with Crippen molar-refractivity contribution in [3.8, 4) is 0 Å². The molecule has 0 heterocycles. The molecule has 0 aromatic rings. The van der Waals surface area contributed by atoms with Gasteiger partial charge in [-0.15, -0.1) is 0 Å². The van der Waals surface area contributed by atoms with Crippen LogP contribution in [0.15, 0.2) is 0 Å². The maximum Gasteiger partial charge on any atom is -0.0415 e. The van der Waals surface area contributed by atoms with Gasteiger partial charge in [0.2, 0.25) is 0 Å². The van der Waals surface area contributed by atoms with Crippen LogP contribution in [-0.2, 0) is 0 Å². The van der Waals surface area contributed by atoms with E-state index in [0.717, 1.165) is 29.6 Å². The van der Waals surface area contributed by atoms with Crippen LogP contribution in [0.3, 0.4) is 0 Å². The van der Waals surface area contributed by atoms with Crippen molar-refractivity contribution in [3.05, 3.63) is 0 Å². The summed E-state index contributed by atoms with van der Waals surface area (Å²) in [6.45, 7) is 16.7. The molecule has 0 aromatic carbocycles. The van der Waals surface area contributed by atoms with E-state index in [1.807, 2.05) is 0 Å². The van der Waals surface area contributed by atoms with E-state index in [1.165, 1.54) is 25.7 Å². The molecule has 0 saturated carbocycles. The fourth-order valence-electron chi connectivity index (χ4n) is 2.47. The zero-order valence-corrected chi connectivity index (χ0v) is 12.7. The molecule has 0 aliphatic heterocycles. The summed E-state index contributed by atoms with van der Waals surface area (Å²) in [6, 6.07) is 0. The van der Waals surface area contributed by atoms with Crippen molar-refractivity contribution in [2.45, 2.75) is 74.1 Å². The Morgan fingerprint density at radius 3 is 1.44 bits per heavy atom. The number of hydrogen-bond donors (Lipinski definition) is 0. The van der Waals surface area contributed by atoms with E-state index in [-0.39, 0.29) is 0 Å². The van der Waals surface area contributed by atoms with E-state index < -0.39 is 0 Å². The van der Waals surface area contributed by atoms with E-state index in [4.69, 9.17) is 0 Å². The van der Waals surface area contributed by atoms with Crippen molar-refractivity contribution in [2.24, 2.45) is 29.6 Å². The van der Waals surface area contributed by atoms with Crippen molar-refractivity contribution >= 4 is 0 Å². The van der Waals surface area contributed by atoms with Crippen LogP contribution in [0, 0.1) is 29.6 Å². The molecular weight excluding hydrogens is 192 g/mol. The highest BCUT2D eigenvalue weighted by molar-refractivity contribution is 4.67. The minimum atomic E-state index is 0.851. The lowest BCUT2D eigenvalue weighted by Gasteiger charge is -2.25. The maximum absolute atomic E-state index is 2.44. The third-order valence-electron chi connectivity index (χ3n) is 4.51. The van der Waals surface area contributed by atoms with Crippen molar-refractivity contribution in [1.29, 1.82) is 0 Å². The number of rotatable bonds is 8. The zero-order chi connectivity index (χ0) is 12.7. The van der Waals surface area contributed by atoms with Gasteiger partial charge in [-0.25, -0.2) is 0 Å². The van der Waals surface area contributed by atoms with Gasteiger partial charge in [-0.2, -0.15) is 0 Å². The van der Waals surface area contributed by atoms with Crippen LogP contribution < -0.4 is 0 Å². The maximum atomic E-state index is 2.44. The van der Waals surface area contributed by atoms with Gasteiger partial charge in [-0.05, 0) is 36.0 Å². The molecule has 16 heavy (non-hydrogen) atoms. The zero-order valence-electron chi connectivity index (χ0n) is 12.7. The summed E-state index contributed by atoms with van der Waals surface area (Å²) in [7, 11) is 0. The van der Waals surface area contributed by atoms with E-state index >= 15 is 0 Å². The second kappa shape index (κ2) is 8.14. The predicted molar refractivity (Wildman–Crippen MR) is 75.6 cm³/mol. The van der Waals surface area contributed by atoms with Crippen LogP contribution in [0.1, 0.15) is 74.1 Å². The van der Waals surface area contributed by atoms with Crippen LogP contribution in [0.5, 0.6) is 0 Å². The summed E-state index contributed by atoms with van der Waals surface area (Å²) >= 11 is 0. The summed E-state index contributed by atoms with van der Waals surface area (Å²) in [5.74, 6) is 4.44. The van der Waals surface area contributed by atoms with Gasteiger partial charge in [-0.1, -0.05) is 67.7 Å². The largest absolute Gasteiger partial charge is 0.0651 e. The molecular formula is C16H34. The first-order chi connectivity index (χ1) is 7.38. The predicted octanol–water partition coefficient (Wildman–Crippen LogP) is 5.77. The molecule has 0 radical (unpaired) electrons. The minimum Gasteiger partial charge on any atom is -0.0651 e. The van der Waals surface area contributed by atoms with Crippen molar-refractivity contribution in [2.75, 3.05) is 0 Å². The molecule has 98 valence electrons. The second-order valence-corrected chi connectivity index (χ2v) is 6.52. The molecule has 0 amide bonds. The average Bonchev–Trinajstić information content (AvgIpc) is 2.23. The molecule has 0 heteroatoms. The Morgan fingerprint density at radius 2 is 1.06 bits per heavy atom. The lowest BCUT2D eigenvalue weighted by molar-refractivity contribution is 0.264. The Hall–Kier alpha value is 0. The molecule has 0 rings (SSSR count). The second-order valence-electron chi connectivity index (χ2n) is 6.52. The van der Waals surface area contributed by atoms with Gasteiger partial charge >= 0.3 is 0 Å². The van der Waals surface area contributed by atoms with E-state index in [9.17, 15) is 0 Å². The number of hydrogen-bond acceptors (Lipinski definition) is 0. The Kier molecular flexibility index (Phi) is 8.14. The van der Waals surface area contributed by atoms with Gasteiger partial charge in [0.05, 0.1) is 0 Å². The first-order valence-corrected chi connectivity index (χ1v) is 7.38. The molecule has 0 bridgehead atoms. The Morgan fingerprint density at radius 1 is 0.625 bits per heavy atom. The average molecular weight is 226 g/mol. The lowest BCUT2D eigenvalue weighted by Crippen LogP contribution is -2.14. The molecule has 0 N–H and O–H groups in total. The quantitative estimate of drug-likeness (QED) is 0.493. The van der Waals surface area contributed by atoms with Crippen molar-refractivity contribution in [1.82, 2.24) is 0 Å². The first kappa shape index (κ1) is 16.0. The topological polar surface area (TPSA) is 0 Å². The Balaban J connectivity index is 3.83. The Labute approximate surface area is 104 Å². The smallest absolute Gasteiger partial charge is 0.0415 e. The van der Waals surface area contributed by atoms with E-state index in [1.54, 1.807) is 0 Å². The summed E-state index contributed by atoms with van der Waals surface area (Å²) in [5, 5.41) is 0. The fourth-order valence-corrected chi connectivity index (χ4v) is 2.47. The molecule has 0 spiro atoms. The van der Waals surface area contributed by atoms with Crippen molar-refractivity contribution < 1.29 is 0 Å². The van der Waals surface area contributed by atoms with Crippen LogP contribution in [-0.4, -0.2) is 0 Å². The molecule has 0 nitrogen and oxygen atoms in total. The first-order valence-electron chi connectivity index (χ1n) is 7.38. The fraction of sp³-hybridized carbons (Fsp3) is 1.00. The van der Waals surface area contributed by atoms with Crippen molar-refractivity contribution in [3.63, 3.8) is 0 Å². The van der Waals surface area contributed by atoms with Crippen LogP contribution >= 0.6 is 0 Å². The van der Waals surface area contributed by atoms with Gasteiger partial charge in [-0.3, -0.25) is 0 Å². The summed E-state index contributed by atoms with van der Waals surface area (Å²) < 4.78 is 0.